The molecule has 0 unspecified atom stereocenters. The maximum Gasteiger partial charge on any atom is 0.0431 e. The highest BCUT2D eigenvalue weighted by Crippen LogP contribution is 2.12. The molecule has 0 aliphatic carbocycles. The Bertz CT molecular complexity index is 140. The Morgan fingerprint density at radius 1 is 0.364 bits per heavy atom. The molecule has 0 heterocycles. The maximum atomic E-state index is 8.64. The fourth-order valence-electron chi connectivity index (χ4n) is 2.66. The Balaban J connectivity index is 0. The van der Waals surface area contributed by atoms with Crippen LogP contribution in [-0.4, -0.2) is 11.7 Å². The van der Waals surface area contributed by atoms with Crippen LogP contribution < -0.4 is 0 Å². The van der Waals surface area contributed by atoms with E-state index in [9.17, 15) is 0 Å². The van der Waals surface area contributed by atoms with Crippen molar-refractivity contribution >= 4 is 0 Å². The summed E-state index contributed by atoms with van der Waals surface area (Å²) >= 11 is 0. The number of hydrogen-bond acceptors (Lipinski definition) is 1. The highest BCUT2D eigenvalue weighted by Gasteiger charge is 1.93. The van der Waals surface area contributed by atoms with Gasteiger partial charge in [0.2, 0.25) is 0 Å². The Morgan fingerprint density at radius 3 is 0.864 bits per heavy atom. The van der Waals surface area contributed by atoms with Gasteiger partial charge in [-0.2, -0.15) is 0 Å². The second-order valence-corrected chi connectivity index (χ2v) is 6.67. The smallest absolute Gasteiger partial charge is 0.0431 e. The van der Waals surface area contributed by atoms with Gasteiger partial charge in [-0.15, -0.1) is 0 Å². The zero-order valence-corrected chi connectivity index (χ0v) is 16.2. The van der Waals surface area contributed by atoms with E-state index in [4.69, 9.17) is 5.11 Å². The van der Waals surface area contributed by atoms with Gasteiger partial charge in [0, 0.05) is 6.61 Å². The summed E-state index contributed by atoms with van der Waals surface area (Å²) < 4.78 is 0. The third-order valence-corrected chi connectivity index (χ3v) is 4.22. The summed E-state index contributed by atoms with van der Waals surface area (Å²) in [6.07, 6.45) is 23.3. The SMILES string of the molecule is CCCCC.CCCCCCCCCCCCCCCCO. The van der Waals surface area contributed by atoms with Gasteiger partial charge < -0.3 is 5.11 Å². The lowest BCUT2D eigenvalue weighted by Gasteiger charge is -2.02. The van der Waals surface area contributed by atoms with Crippen molar-refractivity contribution in [3.63, 3.8) is 0 Å². The molecule has 0 fully saturated rings. The van der Waals surface area contributed by atoms with Crippen LogP contribution in [0.5, 0.6) is 0 Å². The molecule has 0 spiro atoms. The third-order valence-electron chi connectivity index (χ3n) is 4.22. The molecule has 0 aromatic rings. The van der Waals surface area contributed by atoms with Gasteiger partial charge in [0.05, 0.1) is 0 Å². The first-order valence-corrected chi connectivity index (χ1v) is 10.4. The highest BCUT2D eigenvalue weighted by atomic mass is 16.2. The van der Waals surface area contributed by atoms with E-state index in [2.05, 4.69) is 20.8 Å². The summed E-state index contributed by atoms with van der Waals surface area (Å²) in [6, 6.07) is 0. The van der Waals surface area contributed by atoms with Crippen LogP contribution >= 0.6 is 0 Å². The van der Waals surface area contributed by atoms with Crippen molar-refractivity contribution in [3.05, 3.63) is 0 Å². The zero-order valence-electron chi connectivity index (χ0n) is 16.2. The topological polar surface area (TPSA) is 20.2 Å². The van der Waals surface area contributed by atoms with Gasteiger partial charge in [-0.25, -0.2) is 0 Å². The molecule has 136 valence electrons. The molecule has 1 N–H and O–H groups in total. The molecule has 0 saturated carbocycles. The summed E-state index contributed by atoms with van der Waals surface area (Å²) in [7, 11) is 0. The maximum absolute atomic E-state index is 8.64. The van der Waals surface area contributed by atoms with Crippen molar-refractivity contribution in [2.24, 2.45) is 0 Å². The Kier molecular flexibility index (Phi) is 28.5. The fourth-order valence-corrected chi connectivity index (χ4v) is 2.66. The van der Waals surface area contributed by atoms with Crippen molar-refractivity contribution in [2.45, 2.75) is 130 Å². The molecule has 22 heavy (non-hydrogen) atoms. The summed E-state index contributed by atoms with van der Waals surface area (Å²) in [5, 5.41) is 8.64. The molecule has 0 aliphatic rings. The number of unbranched alkanes of at least 4 members (excludes halogenated alkanes) is 15. The van der Waals surface area contributed by atoms with E-state index < -0.39 is 0 Å². The largest absolute Gasteiger partial charge is 0.396 e. The lowest BCUT2D eigenvalue weighted by Crippen LogP contribution is -1.84. The van der Waals surface area contributed by atoms with E-state index in [1.165, 1.54) is 103 Å². The van der Waals surface area contributed by atoms with E-state index >= 15 is 0 Å². The Hall–Kier alpha value is -0.0400. The summed E-state index contributed by atoms with van der Waals surface area (Å²) in [4.78, 5) is 0. The van der Waals surface area contributed by atoms with E-state index in [1.54, 1.807) is 0 Å². The monoisotopic (exact) mass is 314 g/mol. The average Bonchev–Trinajstić information content (AvgIpc) is 2.53. The van der Waals surface area contributed by atoms with E-state index in [1.807, 2.05) is 0 Å². The minimum Gasteiger partial charge on any atom is -0.396 e. The fraction of sp³-hybridized carbons (Fsp3) is 1.00. The predicted octanol–water partition coefficient (Wildman–Crippen LogP) is 7.66. The zero-order chi connectivity index (χ0) is 16.7. The van der Waals surface area contributed by atoms with Gasteiger partial charge in [0.15, 0.2) is 0 Å². The Labute approximate surface area is 142 Å². The van der Waals surface area contributed by atoms with Crippen LogP contribution in [0.15, 0.2) is 0 Å². The van der Waals surface area contributed by atoms with E-state index in [-0.39, 0.29) is 0 Å². The van der Waals surface area contributed by atoms with Gasteiger partial charge in [-0.3, -0.25) is 0 Å². The van der Waals surface area contributed by atoms with Crippen LogP contribution in [0.25, 0.3) is 0 Å². The number of aliphatic hydroxyl groups is 1. The predicted molar refractivity (Wildman–Crippen MR) is 103 cm³/mol. The average molecular weight is 315 g/mol. The minimum absolute atomic E-state index is 0.373. The minimum atomic E-state index is 0.373. The number of rotatable bonds is 16. The second kappa shape index (κ2) is 25.9. The van der Waals surface area contributed by atoms with Crippen molar-refractivity contribution in [1.29, 1.82) is 0 Å². The molecule has 0 atom stereocenters. The van der Waals surface area contributed by atoms with Crippen LogP contribution in [0, 0.1) is 0 Å². The lowest BCUT2D eigenvalue weighted by atomic mass is 10.0. The quantitative estimate of drug-likeness (QED) is 0.290. The summed E-state index contributed by atoms with van der Waals surface area (Å²) in [5.74, 6) is 0. The van der Waals surface area contributed by atoms with Gasteiger partial charge in [0.25, 0.3) is 0 Å². The first-order valence-electron chi connectivity index (χ1n) is 10.4. The molecule has 0 radical (unpaired) electrons. The third kappa shape index (κ3) is 28.2. The molecule has 0 bridgehead atoms. The lowest BCUT2D eigenvalue weighted by molar-refractivity contribution is 0.282. The van der Waals surface area contributed by atoms with Crippen molar-refractivity contribution in [3.8, 4) is 0 Å². The van der Waals surface area contributed by atoms with Crippen LogP contribution in [0.1, 0.15) is 130 Å². The molecule has 0 saturated heterocycles. The molecule has 0 aliphatic heterocycles. The van der Waals surface area contributed by atoms with E-state index in [0.29, 0.717) is 6.61 Å². The standard InChI is InChI=1S/C16H34O.C5H12/c1-2-3-4-5-6-7-8-9-10-11-12-13-14-15-16-17;1-3-5-4-2/h17H,2-16H2,1H3;3-5H2,1-2H3. The molecule has 0 amide bonds. The normalized spacial score (nSPS) is 10.4. The molecule has 0 aromatic carbocycles. The van der Waals surface area contributed by atoms with E-state index in [0.717, 1.165) is 6.42 Å². The van der Waals surface area contributed by atoms with Crippen molar-refractivity contribution in [1.82, 2.24) is 0 Å². The first kappa shape index (κ1) is 24.2. The molecule has 0 aromatic heterocycles. The highest BCUT2D eigenvalue weighted by molar-refractivity contribution is 4.48. The Morgan fingerprint density at radius 2 is 0.636 bits per heavy atom. The summed E-state index contributed by atoms with van der Waals surface area (Å²) in [5.41, 5.74) is 0. The first-order chi connectivity index (χ1) is 10.8. The molecule has 0 rings (SSSR count). The van der Waals surface area contributed by atoms with Crippen molar-refractivity contribution in [2.75, 3.05) is 6.61 Å². The van der Waals surface area contributed by atoms with Gasteiger partial charge >= 0.3 is 0 Å². The van der Waals surface area contributed by atoms with Crippen LogP contribution in [0.3, 0.4) is 0 Å². The van der Waals surface area contributed by atoms with Gasteiger partial charge in [-0.1, -0.05) is 124 Å². The van der Waals surface area contributed by atoms with Crippen LogP contribution in [0.4, 0.5) is 0 Å². The van der Waals surface area contributed by atoms with Crippen LogP contribution in [0.2, 0.25) is 0 Å². The van der Waals surface area contributed by atoms with Gasteiger partial charge in [-0.05, 0) is 6.42 Å². The second-order valence-electron chi connectivity index (χ2n) is 6.67. The van der Waals surface area contributed by atoms with Crippen LogP contribution in [-0.2, 0) is 0 Å². The van der Waals surface area contributed by atoms with Crippen molar-refractivity contribution < 1.29 is 5.11 Å². The molecule has 1 heteroatoms. The molecule has 1 nitrogen and oxygen atoms in total. The number of aliphatic hydroxyl groups excluding tert-OH is 1. The number of hydrogen-bond donors (Lipinski definition) is 1. The summed E-state index contributed by atoms with van der Waals surface area (Å²) in [6.45, 7) is 7.07. The van der Waals surface area contributed by atoms with Gasteiger partial charge in [0.1, 0.15) is 0 Å². The molecular weight excluding hydrogens is 268 g/mol. The molecular formula is C21H46O.